The van der Waals surface area contributed by atoms with Crippen molar-refractivity contribution >= 4 is 17.9 Å². The summed E-state index contributed by atoms with van der Waals surface area (Å²) >= 11 is 0. The molecule has 0 aromatic carbocycles. The second kappa shape index (κ2) is 9.01. The van der Waals surface area contributed by atoms with Gasteiger partial charge in [-0.25, -0.2) is 4.79 Å². The number of allylic oxidation sites excluding steroid dienone is 2. The van der Waals surface area contributed by atoms with Crippen molar-refractivity contribution in [3.63, 3.8) is 0 Å². The summed E-state index contributed by atoms with van der Waals surface area (Å²) in [6, 6.07) is 0. The minimum Gasteiger partial charge on any atom is -0.462 e. The van der Waals surface area contributed by atoms with Crippen molar-refractivity contribution in [2.75, 3.05) is 0 Å². The van der Waals surface area contributed by atoms with Crippen LogP contribution in [0.25, 0.3) is 0 Å². The lowest BCUT2D eigenvalue weighted by Gasteiger charge is -2.50. The molecule has 5 atom stereocenters. The Balaban J connectivity index is 2.15. The van der Waals surface area contributed by atoms with Crippen LogP contribution in [0.2, 0.25) is 0 Å². The van der Waals surface area contributed by atoms with Crippen LogP contribution in [0.1, 0.15) is 73.6 Å². The Kier molecular flexibility index (Phi) is 6.77. The van der Waals surface area contributed by atoms with Crippen LogP contribution >= 0.6 is 0 Å². The molecule has 1 heterocycles. The van der Waals surface area contributed by atoms with Crippen LogP contribution < -0.4 is 0 Å². The Labute approximate surface area is 184 Å². The van der Waals surface area contributed by atoms with Crippen LogP contribution in [0.15, 0.2) is 34.4 Å². The summed E-state index contributed by atoms with van der Waals surface area (Å²) in [6.07, 6.45) is 5.66. The Morgan fingerprint density at radius 3 is 2.55 bits per heavy atom. The number of ether oxygens (including phenoxy) is 3. The lowest BCUT2D eigenvalue weighted by Crippen LogP contribution is -2.54. The molecule has 2 aliphatic carbocycles. The van der Waals surface area contributed by atoms with E-state index in [9.17, 15) is 14.4 Å². The van der Waals surface area contributed by atoms with Gasteiger partial charge in [0.2, 0.25) is 0 Å². The molecular formula is C25H34O6. The van der Waals surface area contributed by atoms with Crippen molar-refractivity contribution in [1.29, 1.82) is 0 Å². The van der Waals surface area contributed by atoms with Gasteiger partial charge in [0.1, 0.15) is 18.3 Å². The molecule has 0 N–H and O–H groups in total. The zero-order valence-electron chi connectivity index (χ0n) is 19.4. The van der Waals surface area contributed by atoms with Crippen molar-refractivity contribution in [3.8, 4) is 0 Å². The lowest BCUT2D eigenvalue weighted by molar-refractivity contribution is -0.180. The Morgan fingerprint density at radius 2 is 1.90 bits per heavy atom. The van der Waals surface area contributed by atoms with E-state index in [4.69, 9.17) is 14.2 Å². The maximum Gasteiger partial charge on any atom is 0.334 e. The molecule has 0 spiro atoms. The summed E-state index contributed by atoms with van der Waals surface area (Å²) in [5.74, 6) is -0.952. The minimum atomic E-state index is -0.629. The standard InChI is InChI=1S/C25H34O6/c1-7-23(27)31-22-10-8-14(2)12-20-18(16(4)24(28)30-20)13-19-15(3)9-11-21(25(19,22)6)29-17(5)26/h9,12,19-22H,7-8,10-11,13H2,1-6H3/b14-12-/t19-,20-,21-,22-,25+/m0/s1. The predicted molar refractivity (Wildman–Crippen MR) is 116 cm³/mol. The van der Waals surface area contributed by atoms with Gasteiger partial charge in [0.25, 0.3) is 0 Å². The molecule has 0 fully saturated rings. The average molecular weight is 431 g/mol. The van der Waals surface area contributed by atoms with E-state index in [1.165, 1.54) is 6.92 Å². The topological polar surface area (TPSA) is 78.9 Å². The smallest absolute Gasteiger partial charge is 0.334 e. The number of hydrogen-bond acceptors (Lipinski definition) is 6. The summed E-state index contributed by atoms with van der Waals surface area (Å²) in [7, 11) is 0. The van der Waals surface area contributed by atoms with Gasteiger partial charge in [-0.2, -0.15) is 0 Å². The highest BCUT2D eigenvalue weighted by Crippen LogP contribution is 2.52. The highest BCUT2D eigenvalue weighted by molar-refractivity contribution is 5.92. The molecule has 0 unspecified atom stereocenters. The number of hydrogen-bond donors (Lipinski definition) is 0. The molecular weight excluding hydrogens is 396 g/mol. The van der Waals surface area contributed by atoms with Gasteiger partial charge in [0.05, 0.1) is 0 Å². The number of rotatable bonds is 3. The third-order valence-corrected chi connectivity index (χ3v) is 7.24. The quantitative estimate of drug-likeness (QED) is 0.370. The third kappa shape index (κ3) is 4.48. The maximum absolute atomic E-state index is 12.4. The monoisotopic (exact) mass is 430 g/mol. The van der Waals surface area contributed by atoms with Gasteiger partial charge in [-0.3, -0.25) is 9.59 Å². The maximum atomic E-state index is 12.4. The molecule has 0 aromatic heterocycles. The van der Waals surface area contributed by atoms with Crippen molar-refractivity contribution in [1.82, 2.24) is 0 Å². The van der Waals surface area contributed by atoms with Gasteiger partial charge >= 0.3 is 17.9 Å². The van der Waals surface area contributed by atoms with E-state index >= 15 is 0 Å². The van der Waals surface area contributed by atoms with Crippen molar-refractivity contribution in [3.05, 3.63) is 34.4 Å². The van der Waals surface area contributed by atoms with E-state index in [0.717, 1.165) is 16.7 Å². The van der Waals surface area contributed by atoms with Gasteiger partial charge in [-0.15, -0.1) is 0 Å². The van der Waals surface area contributed by atoms with E-state index in [-0.39, 0.29) is 36.4 Å². The van der Waals surface area contributed by atoms with Gasteiger partial charge in [-0.05, 0) is 57.6 Å². The molecule has 0 amide bonds. The third-order valence-electron chi connectivity index (χ3n) is 7.24. The molecule has 0 saturated heterocycles. The largest absolute Gasteiger partial charge is 0.462 e. The summed E-state index contributed by atoms with van der Waals surface area (Å²) < 4.78 is 17.5. The summed E-state index contributed by atoms with van der Waals surface area (Å²) in [6.45, 7) is 11.2. The summed E-state index contributed by atoms with van der Waals surface area (Å²) in [5.41, 5.74) is 3.21. The average Bonchev–Trinajstić information content (AvgIpc) is 2.96. The molecule has 3 aliphatic rings. The van der Waals surface area contributed by atoms with Gasteiger partial charge in [0, 0.05) is 30.8 Å². The molecule has 0 bridgehead atoms. The SMILES string of the molecule is CCC(=O)O[C@H]1CC/C(C)=C\[C@@H]2OC(=O)C(C)=C2C[C@H]2C(C)=CC[C@H](OC(C)=O)[C@]12C. The molecule has 0 radical (unpaired) electrons. The number of esters is 3. The molecule has 3 rings (SSSR count). The fraction of sp³-hybridized carbons (Fsp3) is 0.640. The fourth-order valence-corrected chi connectivity index (χ4v) is 5.27. The zero-order chi connectivity index (χ0) is 22.9. The van der Waals surface area contributed by atoms with Crippen LogP contribution in [0.4, 0.5) is 0 Å². The molecule has 0 saturated carbocycles. The Bertz CT molecular complexity index is 863. The first-order valence-electron chi connectivity index (χ1n) is 11.2. The van der Waals surface area contributed by atoms with E-state index in [0.29, 0.717) is 31.3 Å². The van der Waals surface area contributed by atoms with Gasteiger partial charge < -0.3 is 14.2 Å². The number of carbonyl (C=O) groups excluding carboxylic acids is 3. The van der Waals surface area contributed by atoms with Crippen molar-refractivity contribution < 1.29 is 28.6 Å². The van der Waals surface area contributed by atoms with E-state index < -0.39 is 17.6 Å². The van der Waals surface area contributed by atoms with Gasteiger partial charge in [-0.1, -0.05) is 31.1 Å². The molecule has 170 valence electrons. The zero-order valence-corrected chi connectivity index (χ0v) is 19.4. The van der Waals surface area contributed by atoms with E-state index in [1.807, 2.05) is 19.9 Å². The minimum absolute atomic E-state index is 0.0611. The Morgan fingerprint density at radius 1 is 1.19 bits per heavy atom. The number of fused-ring (bicyclic) bond motifs is 2. The molecule has 31 heavy (non-hydrogen) atoms. The van der Waals surface area contributed by atoms with Crippen LogP contribution in [0.5, 0.6) is 0 Å². The highest BCUT2D eigenvalue weighted by Gasteiger charge is 2.54. The second-order valence-corrected chi connectivity index (χ2v) is 9.26. The molecule has 6 heteroatoms. The van der Waals surface area contributed by atoms with Crippen molar-refractivity contribution in [2.24, 2.45) is 11.3 Å². The van der Waals surface area contributed by atoms with E-state index in [1.54, 1.807) is 6.92 Å². The highest BCUT2D eigenvalue weighted by atomic mass is 16.6. The second-order valence-electron chi connectivity index (χ2n) is 9.26. The first-order chi connectivity index (χ1) is 14.6. The fourth-order valence-electron chi connectivity index (χ4n) is 5.27. The van der Waals surface area contributed by atoms with Crippen molar-refractivity contribution in [2.45, 2.75) is 92.0 Å². The number of carbonyl (C=O) groups is 3. The normalized spacial score (nSPS) is 35.1. The van der Waals surface area contributed by atoms with Gasteiger partial charge in [0.15, 0.2) is 0 Å². The van der Waals surface area contributed by atoms with Crippen LogP contribution in [0.3, 0.4) is 0 Å². The molecule has 1 aliphatic heterocycles. The first kappa shape index (κ1) is 23.3. The van der Waals surface area contributed by atoms with Crippen LogP contribution in [0, 0.1) is 11.3 Å². The Hall–Kier alpha value is -2.37. The predicted octanol–water partition coefficient (Wildman–Crippen LogP) is 4.58. The summed E-state index contributed by atoms with van der Waals surface area (Å²) in [5, 5.41) is 0. The van der Waals surface area contributed by atoms with Crippen LogP contribution in [-0.4, -0.2) is 36.2 Å². The molecule has 0 aromatic rings. The van der Waals surface area contributed by atoms with Crippen LogP contribution in [-0.2, 0) is 28.6 Å². The van der Waals surface area contributed by atoms with E-state index in [2.05, 4.69) is 19.9 Å². The molecule has 6 nitrogen and oxygen atoms in total. The lowest BCUT2D eigenvalue weighted by atomic mass is 9.59. The first-order valence-corrected chi connectivity index (χ1v) is 11.2. The summed E-state index contributed by atoms with van der Waals surface area (Å²) in [4.78, 5) is 36.7.